The van der Waals surface area contributed by atoms with Crippen molar-refractivity contribution in [2.75, 3.05) is 0 Å². The summed E-state index contributed by atoms with van der Waals surface area (Å²) in [5, 5.41) is 0. The highest BCUT2D eigenvalue weighted by molar-refractivity contribution is 9.10. The Morgan fingerprint density at radius 2 is 1.71 bits per heavy atom. The molecule has 4 aliphatic carbocycles. The zero-order valence-corrected chi connectivity index (χ0v) is 13.6. The van der Waals surface area contributed by atoms with Gasteiger partial charge in [-0.3, -0.25) is 4.79 Å². The molecule has 0 saturated heterocycles. The van der Waals surface area contributed by atoms with E-state index in [1.165, 1.54) is 38.2 Å². The number of Topliss-reactive ketones (excluding diaryl/α,β-unsaturated/α-hetero) is 1. The number of rotatable bonds is 3. The number of ketones is 1. The molecule has 1 nitrogen and oxygen atoms in total. The number of hydrogen-bond acceptors (Lipinski definition) is 1. The van der Waals surface area contributed by atoms with E-state index >= 15 is 0 Å². The van der Waals surface area contributed by atoms with Gasteiger partial charge in [-0.2, -0.15) is 0 Å². The van der Waals surface area contributed by atoms with Crippen molar-refractivity contribution < 1.29 is 9.18 Å². The Morgan fingerprint density at radius 3 is 2.29 bits per heavy atom. The zero-order valence-electron chi connectivity index (χ0n) is 12.0. The van der Waals surface area contributed by atoms with Crippen LogP contribution in [0.15, 0.2) is 22.7 Å². The van der Waals surface area contributed by atoms with Crippen LogP contribution in [0, 0.1) is 35.4 Å². The van der Waals surface area contributed by atoms with Gasteiger partial charge in [-0.1, -0.05) is 22.0 Å². The molecular formula is C18H20BrFO. The first-order chi connectivity index (χ1) is 10.1. The lowest BCUT2D eigenvalue weighted by molar-refractivity contribution is -0.135. The van der Waals surface area contributed by atoms with E-state index in [0.29, 0.717) is 17.4 Å². The fourth-order valence-corrected chi connectivity index (χ4v) is 5.75. The maximum Gasteiger partial charge on any atom is 0.140 e. The Morgan fingerprint density at radius 1 is 1.10 bits per heavy atom. The van der Waals surface area contributed by atoms with E-state index in [-0.39, 0.29) is 23.9 Å². The van der Waals surface area contributed by atoms with Crippen molar-refractivity contribution >= 4 is 21.7 Å². The maximum absolute atomic E-state index is 14.0. The van der Waals surface area contributed by atoms with Gasteiger partial charge in [0.25, 0.3) is 0 Å². The molecule has 0 heterocycles. The standard InChI is InChI=1S/C18H20BrFO/c19-15-2-1-12(16(20)9-15)8-17(21)18-13-4-10-3-11(6-13)7-14(18)5-10/h1-2,9-11,13-14,18H,3-8H2. The Bertz CT molecular complexity index is 555. The number of hydrogen-bond donors (Lipinski definition) is 0. The number of benzene rings is 1. The molecule has 4 fully saturated rings. The summed E-state index contributed by atoms with van der Waals surface area (Å²) in [5.74, 6) is 3.16. The summed E-state index contributed by atoms with van der Waals surface area (Å²) >= 11 is 3.27. The number of carbonyl (C=O) groups excluding carboxylic acids is 1. The minimum absolute atomic E-state index is 0.209. The van der Waals surface area contributed by atoms with E-state index in [2.05, 4.69) is 15.9 Å². The van der Waals surface area contributed by atoms with E-state index in [1.807, 2.05) is 6.07 Å². The predicted molar refractivity (Wildman–Crippen MR) is 83.3 cm³/mol. The molecule has 4 aliphatic rings. The first-order valence-electron chi connectivity index (χ1n) is 8.07. The van der Waals surface area contributed by atoms with Crippen LogP contribution in [-0.2, 0) is 11.2 Å². The highest BCUT2D eigenvalue weighted by Crippen LogP contribution is 2.56. The fourth-order valence-electron chi connectivity index (χ4n) is 5.42. The van der Waals surface area contributed by atoms with Crippen LogP contribution in [0.3, 0.4) is 0 Å². The van der Waals surface area contributed by atoms with Gasteiger partial charge in [0.05, 0.1) is 0 Å². The Kier molecular flexibility index (Phi) is 3.44. The average molecular weight is 351 g/mol. The highest BCUT2D eigenvalue weighted by atomic mass is 79.9. The largest absolute Gasteiger partial charge is 0.299 e. The molecule has 21 heavy (non-hydrogen) atoms. The molecule has 3 heteroatoms. The number of halogens is 2. The van der Waals surface area contributed by atoms with Crippen LogP contribution in [0.1, 0.15) is 37.7 Å². The topological polar surface area (TPSA) is 17.1 Å². The van der Waals surface area contributed by atoms with Gasteiger partial charge in [0.15, 0.2) is 0 Å². The summed E-state index contributed by atoms with van der Waals surface area (Å²) in [7, 11) is 0. The van der Waals surface area contributed by atoms with Gasteiger partial charge in [-0.25, -0.2) is 4.39 Å². The average Bonchev–Trinajstić information content (AvgIpc) is 2.40. The third kappa shape index (κ3) is 2.48. The summed E-state index contributed by atoms with van der Waals surface area (Å²) in [6.07, 6.45) is 6.64. The monoisotopic (exact) mass is 350 g/mol. The molecule has 4 saturated carbocycles. The molecule has 0 N–H and O–H groups in total. The van der Waals surface area contributed by atoms with Gasteiger partial charge in [0.1, 0.15) is 11.6 Å². The SMILES string of the molecule is O=C(Cc1ccc(Br)cc1F)C1C2CC3CC(C2)CC1C3. The first-order valence-corrected chi connectivity index (χ1v) is 8.86. The van der Waals surface area contributed by atoms with E-state index < -0.39 is 0 Å². The second-order valence-corrected chi connectivity index (χ2v) is 8.25. The lowest BCUT2D eigenvalue weighted by atomic mass is 9.51. The summed E-state index contributed by atoms with van der Waals surface area (Å²) in [5.41, 5.74) is 0.553. The van der Waals surface area contributed by atoms with Crippen LogP contribution in [0.2, 0.25) is 0 Å². The third-order valence-electron chi connectivity index (χ3n) is 5.98. The van der Waals surface area contributed by atoms with Gasteiger partial charge >= 0.3 is 0 Å². The van der Waals surface area contributed by atoms with Crippen molar-refractivity contribution in [2.24, 2.45) is 29.6 Å². The Hall–Kier alpha value is -0.700. The minimum Gasteiger partial charge on any atom is -0.299 e. The van der Waals surface area contributed by atoms with Crippen molar-refractivity contribution in [3.63, 3.8) is 0 Å². The highest BCUT2D eigenvalue weighted by Gasteiger charge is 2.50. The molecule has 0 atom stereocenters. The molecule has 0 unspecified atom stereocenters. The molecule has 1 aromatic rings. The fraction of sp³-hybridized carbons (Fsp3) is 0.611. The first kappa shape index (κ1) is 13.9. The van der Waals surface area contributed by atoms with Crippen molar-refractivity contribution in [2.45, 2.75) is 38.5 Å². The normalized spacial score (nSPS) is 37.0. The lowest BCUT2D eigenvalue weighted by Gasteiger charge is -2.53. The minimum atomic E-state index is -0.262. The summed E-state index contributed by atoms with van der Waals surface area (Å²) < 4.78 is 14.7. The van der Waals surface area contributed by atoms with Crippen LogP contribution in [-0.4, -0.2) is 5.78 Å². The van der Waals surface area contributed by atoms with Gasteiger partial charge in [0.2, 0.25) is 0 Å². The van der Waals surface area contributed by atoms with Crippen molar-refractivity contribution in [1.29, 1.82) is 0 Å². The summed E-state index contributed by atoms with van der Waals surface area (Å²) in [4.78, 5) is 12.8. The van der Waals surface area contributed by atoms with Crippen LogP contribution in [0.4, 0.5) is 4.39 Å². The molecular weight excluding hydrogens is 331 g/mol. The third-order valence-corrected chi connectivity index (χ3v) is 6.47. The van der Waals surface area contributed by atoms with Crippen molar-refractivity contribution in [1.82, 2.24) is 0 Å². The second kappa shape index (κ2) is 5.19. The summed E-state index contributed by atoms with van der Waals surface area (Å²) in [6, 6.07) is 5.02. The molecule has 0 amide bonds. The van der Waals surface area contributed by atoms with Gasteiger partial charge < -0.3 is 0 Å². The molecule has 5 rings (SSSR count). The van der Waals surface area contributed by atoms with Gasteiger partial charge in [-0.05, 0) is 73.5 Å². The molecule has 1 aromatic carbocycles. The van der Waals surface area contributed by atoms with Crippen LogP contribution in [0.25, 0.3) is 0 Å². The predicted octanol–water partition coefficient (Wildman–Crippen LogP) is 4.77. The molecule has 0 aromatic heterocycles. The lowest BCUT2D eigenvalue weighted by Crippen LogP contribution is -2.48. The van der Waals surface area contributed by atoms with Crippen LogP contribution >= 0.6 is 15.9 Å². The molecule has 0 radical (unpaired) electrons. The van der Waals surface area contributed by atoms with Gasteiger partial charge in [0, 0.05) is 16.8 Å². The van der Waals surface area contributed by atoms with Gasteiger partial charge in [-0.15, -0.1) is 0 Å². The number of carbonyl (C=O) groups is 1. The maximum atomic E-state index is 14.0. The smallest absolute Gasteiger partial charge is 0.140 e. The van der Waals surface area contributed by atoms with E-state index in [1.54, 1.807) is 6.07 Å². The Balaban J connectivity index is 1.52. The van der Waals surface area contributed by atoms with Crippen LogP contribution in [0.5, 0.6) is 0 Å². The molecule has 4 bridgehead atoms. The van der Waals surface area contributed by atoms with Crippen molar-refractivity contribution in [3.8, 4) is 0 Å². The Labute approximate surface area is 133 Å². The van der Waals surface area contributed by atoms with E-state index in [0.717, 1.165) is 16.3 Å². The molecule has 0 spiro atoms. The quantitative estimate of drug-likeness (QED) is 0.767. The second-order valence-electron chi connectivity index (χ2n) is 7.34. The van der Waals surface area contributed by atoms with Crippen LogP contribution < -0.4 is 0 Å². The molecule has 112 valence electrons. The van der Waals surface area contributed by atoms with E-state index in [4.69, 9.17) is 0 Å². The van der Waals surface area contributed by atoms with E-state index in [9.17, 15) is 9.18 Å². The molecule has 0 aliphatic heterocycles. The van der Waals surface area contributed by atoms with Crippen molar-refractivity contribution in [3.05, 3.63) is 34.1 Å². The summed E-state index contributed by atoms with van der Waals surface area (Å²) in [6.45, 7) is 0. The zero-order chi connectivity index (χ0) is 14.6.